The number of ether oxygens (including phenoxy) is 1. The molecule has 3 heterocycles. The van der Waals surface area contributed by atoms with Crippen molar-refractivity contribution >= 4 is 22.9 Å². The second-order valence-corrected chi connectivity index (χ2v) is 7.08. The number of carbonyl (C=O) groups is 2. The molecule has 0 saturated carbocycles. The van der Waals surface area contributed by atoms with Gasteiger partial charge in [-0.05, 0) is 39.0 Å². The van der Waals surface area contributed by atoms with Crippen LogP contribution in [0.25, 0.3) is 16.9 Å². The van der Waals surface area contributed by atoms with Gasteiger partial charge in [-0.25, -0.2) is 4.98 Å². The Morgan fingerprint density at radius 3 is 2.67 bits per heavy atom. The van der Waals surface area contributed by atoms with E-state index in [0.717, 1.165) is 11.2 Å². The summed E-state index contributed by atoms with van der Waals surface area (Å²) in [5.41, 5.74) is 3.46. The third-order valence-electron chi connectivity index (χ3n) is 4.82. The summed E-state index contributed by atoms with van der Waals surface area (Å²) in [7, 11) is 0. The number of fused-ring (bicyclic) bond motifs is 1. The molecule has 0 aliphatic rings. The molecule has 0 spiro atoms. The molecule has 0 unspecified atom stereocenters. The van der Waals surface area contributed by atoms with Crippen LogP contribution in [0.4, 0.5) is 0 Å². The first-order valence-corrected chi connectivity index (χ1v) is 9.58. The van der Waals surface area contributed by atoms with Gasteiger partial charge in [-0.1, -0.05) is 17.3 Å². The van der Waals surface area contributed by atoms with E-state index in [1.165, 1.54) is 0 Å². The Bertz CT molecular complexity index is 1200. The van der Waals surface area contributed by atoms with Gasteiger partial charge in [-0.3, -0.25) is 14.2 Å². The Labute approximate surface area is 172 Å². The van der Waals surface area contributed by atoms with Crippen molar-refractivity contribution in [3.63, 3.8) is 0 Å². The van der Waals surface area contributed by atoms with Crippen LogP contribution in [-0.4, -0.2) is 33.1 Å². The van der Waals surface area contributed by atoms with Crippen LogP contribution < -0.4 is 0 Å². The lowest BCUT2D eigenvalue weighted by Crippen LogP contribution is -2.15. The predicted octanol–water partition coefficient (Wildman–Crippen LogP) is 3.89. The van der Waals surface area contributed by atoms with Crippen LogP contribution in [-0.2, 0) is 16.0 Å². The molecule has 0 atom stereocenters. The number of aromatic nitrogens is 3. The van der Waals surface area contributed by atoms with E-state index >= 15 is 0 Å². The van der Waals surface area contributed by atoms with Crippen LogP contribution in [0.3, 0.4) is 0 Å². The fourth-order valence-electron chi connectivity index (χ4n) is 3.39. The van der Waals surface area contributed by atoms with Crippen molar-refractivity contribution in [1.82, 2.24) is 14.7 Å². The molecular formula is C22H21N3O5. The van der Waals surface area contributed by atoms with Gasteiger partial charge in [0.1, 0.15) is 11.3 Å². The smallest absolute Gasteiger partial charge is 0.306 e. The van der Waals surface area contributed by atoms with Gasteiger partial charge in [0.05, 0.1) is 6.42 Å². The number of benzene rings is 1. The van der Waals surface area contributed by atoms with Crippen molar-refractivity contribution in [1.29, 1.82) is 0 Å². The van der Waals surface area contributed by atoms with Crippen LogP contribution >= 0.6 is 0 Å². The topological polar surface area (TPSA) is 100 Å². The molecule has 0 aliphatic carbocycles. The lowest BCUT2D eigenvalue weighted by atomic mass is 10.1. The lowest BCUT2D eigenvalue weighted by molar-refractivity contribution is -0.142. The number of nitrogens with zero attached hydrogens (tertiary/aromatic N) is 3. The molecule has 0 amide bonds. The van der Waals surface area contributed by atoms with E-state index in [4.69, 9.17) is 13.7 Å². The zero-order valence-electron chi connectivity index (χ0n) is 17.0. The number of Topliss-reactive ketones (excluding diaryl/α,β-unsaturated/α-hetero) is 1. The Balaban J connectivity index is 1.35. The number of carbonyl (C=O) groups excluding carboxylic acids is 2. The fourth-order valence-corrected chi connectivity index (χ4v) is 3.39. The highest BCUT2D eigenvalue weighted by atomic mass is 16.5. The van der Waals surface area contributed by atoms with E-state index in [1.54, 1.807) is 19.1 Å². The van der Waals surface area contributed by atoms with Gasteiger partial charge in [-0.15, -0.1) is 0 Å². The van der Waals surface area contributed by atoms with Gasteiger partial charge in [0.2, 0.25) is 5.78 Å². The average Bonchev–Trinajstić information content (AvgIpc) is 3.41. The molecule has 0 N–H and O–H groups in total. The highest BCUT2D eigenvalue weighted by Crippen LogP contribution is 2.21. The minimum Gasteiger partial charge on any atom is -0.457 e. The molecule has 8 nitrogen and oxygen atoms in total. The number of oxazole rings is 1. The van der Waals surface area contributed by atoms with Crippen molar-refractivity contribution < 1.29 is 23.3 Å². The first-order chi connectivity index (χ1) is 14.4. The van der Waals surface area contributed by atoms with Crippen LogP contribution in [0.2, 0.25) is 0 Å². The molecule has 3 aromatic heterocycles. The van der Waals surface area contributed by atoms with Gasteiger partial charge in [0.25, 0.3) is 0 Å². The summed E-state index contributed by atoms with van der Waals surface area (Å²) in [6, 6.07) is 10.9. The molecule has 4 rings (SSSR count). The second-order valence-electron chi connectivity index (χ2n) is 7.08. The Kier molecular flexibility index (Phi) is 5.22. The Morgan fingerprint density at radius 1 is 1.13 bits per heavy atom. The number of para-hydroxylation sites is 2. The van der Waals surface area contributed by atoms with Crippen LogP contribution in [0.1, 0.15) is 39.8 Å². The van der Waals surface area contributed by atoms with Crippen molar-refractivity contribution in [2.75, 3.05) is 6.61 Å². The Morgan fingerprint density at radius 2 is 1.93 bits per heavy atom. The average molecular weight is 407 g/mol. The quantitative estimate of drug-likeness (QED) is 0.338. The minimum absolute atomic E-state index is 0.0807. The number of hydrogen-bond donors (Lipinski definition) is 0. The highest BCUT2D eigenvalue weighted by molar-refractivity contribution is 5.99. The fraction of sp³-hybridized carbons (Fsp3) is 0.273. The molecule has 30 heavy (non-hydrogen) atoms. The van der Waals surface area contributed by atoms with Crippen LogP contribution in [0.5, 0.6) is 0 Å². The number of hydrogen-bond acceptors (Lipinski definition) is 7. The van der Waals surface area contributed by atoms with Gasteiger partial charge in [0, 0.05) is 29.4 Å². The third kappa shape index (κ3) is 3.89. The van der Waals surface area contributed by atoms with E-state index in [0.29, 0.717) is 40.7 Å². The number of aryl methyl sites for hydroxylation is 3. The normalized spacial score (nSPS) is 11.2. The molecule has 8 heteroatoms. The molecule has 0 aliphatic heterocycles. The van der Waals surface area contributed by atoms with Crippen molar-refractivity contribution in [2.24, 2.45) is 0 Å². The monoisotopic (exact) mass is 407 g/mol. The summed E-state index contributed by atoms with van der Waals surface area (Å²) in [5.74, 6) is 0.998. The summed E-state index contributed by atoms with van der Waals surface area (Å²) in [6.45, 7) is 5.17. The van der Waals surface area contributed by atoms with E-state index in [-0.39, 0.29) is 18.8 Å². The summed E-state index contributed by atoms with van der Waals surface area (Å²) >= 11 is 0. The predicted molar refractivity (Wildman–Crippen MR) is 108 cm³/mol. The molecule has 0 bridgehead atoms. The summed E-state index contributed by atoms with van der Waals surface area (Å²) < 4.78 is 17.7. The van der Waals surface area contributed by atoms with Crippen molar-refractivity contribution in [2.45, 2.75) is 33.6 Å². The van der Waals surface area contributed by atoms with Gasteiger partial charge in [0.15, 0.2) is 23.9 Å². The lowest BCUT2D eigenvalue weighted by Gasteiger charge is -2.06. The molecule has 4 aromatic rings. The molecule has 154 valence electrons. The van der Waals surface area contributed by atoms with E-state index < -0.39 is 5.97 Å². The Hall–Kier alpha value is -3.68. The zero-order chi connectivity index (χ0) is 21.3. The largest absolute Gasteiger partial charge is 0.457 e. The highest BCUT2D eigenvalue weighted by Gasteiger charge is 2.20. The number of ketones is 1. The number of esters is 1. The first kappa shape index (κ1) is 19.6. The number of rotatable bonds is 7. The van der Waals surface area contributed by atoms with Gasteiger partial charge >= 0.3 is 5.97 Å². The van der Waals surface area contributed by atoms with Crippen LogP contribution in [0.15, 0.2) is 45.3 Å². The SMILES string of the molecule is Cc1cc(-n2c(C)cc(C(=O)COC(=O)CCc3nc4ccccc4o3)c2C)no1. The first-order valence-electron chi connectivity index (χ1n) is 9.58. The standard InChI is InChI=1S/C22H21N3O5/c1-13-10-16(15(3)25(13)20-11-14(2)30-24-20)18(26)12-28-22(27)9-8-21-23-17-6-4-5-7-19(17)29-21/h4-7,10-11H,8-9,12H2,1-3H3. The van der Waals surface area contributed by atoms with E-state index in [2.05, 4.69) is 10.1 Å². The summed E-state index contributed by atoms with van der Waals surface area (Å²) in [6.07, 6.45) is 0.388. The molecule has 1 aromatic carbocycles. The summed E-state index contributed by atoms with van der Waals surface area (Å²) in [4.78, 5) is 29.0. The maximum Gasteiger partial charge on any atom is 0.306 e. The zero-order valence-corrected chi connectivity index (χ0v) is 17.0. The maximum absolute atomic E-state index is 12.6. The van der Waals surface area contributed by atoms with Gasteiger partial charge < -0.3 is 13.7 Å². The van der Waals surface area contributed by atoms with Crippen LogP contribution in [0, 0.1) is 20.8 Å². The van der Waals surface area contributed by atoms with Gasteiger partial charge in [-0.2, -0.15) is 0 Å². The minimum atomic E-state index is -0.480. The molecular weight excluding hydrogens is 386 g/mol. The third-order valence-corrected chi connectivity index (χ3v) is 4.82. The molecule has 0 radical (unpaired) electrons. The second kappa shape index (κ2) is 7.98. The molecule has 0 saturated heterocycles. The molecule has 0 fully saturated rings. The van der Waals surface area contributed by atoms with E-state index in [9.17, 15) is 9.59 Å². The van der Waals surface area contributed by atoms with Crippen molar-refractivity contribution in [3.8, 4) is 5.82 Å². The maximum atomic E-state index is 12.6. The van der Waals surface area contributed by atoms with Crippen molar-refractivity contribution in [3.05, 3.63) is 65.0 Å². The van der Waals surface area contributed by atoms with E-state index in [1.807, 2.05) is 42.7 Å². The summed E-state index contributed by atoms with van der Waals surface area (Å²) in [5, 5.41) is 4.00.